The maximum Gasteiger partial charge on any atom is 0.162 e. The minimum Gasteiger partial charge on any atom is -0.308 e. The van der Waals surface area contributed by atoms with E-state index in [4.69, 9.17) is 9.97 Å². The second-order valence-corrected chi connectivity index (χ2v) is 16.4. The van der Waals surface area contributed by atoms with Crippen LogP contribution < -0.4 is 0 Å². The maximum atomic E-state index is 5.38. The van der Waals surface area contributed by atoms with Crippen molar-refractivity contribution >= 4 is 96.7 Å². The lowest BCUT2D eigenvalue weighted by molar-refractivity contribution is 1.05. The first-order valence-corrected chi connectivity index (χ1v) is 20.8. The first-order chi connectivity index (χ1) is 29.3. The van der Waals surface area contributed by atoms with Gasteiger partial charge in [0.1, 0.15) is 5.82 Å². The molecule has 4 heterocycles. The quantitative estimate of drug-likeness (QED) is 0.179. The highest BCUT2D eigenvalue weighted by Gasteiger charge is 2.23. The molecule has 13 rings (SSSR count). The third-order valence-electron chi connectivity index (χ3n) is 12.1. The van der Waals surface area contributed by atoms with Crippen LogP contribution in [0.3, 0.4) is 0 Å². The summed E-state index contributed by atoms with van der Waals surface area (Å²) in [5, 5.41) is 12.3. The van der Waals surface area contributed by atoms with Crippen LogP contribution in [0.25, 0.3) is 119 Å². The highest BCUT2D eigenvalue weighted by molar-refractivity contribution is 7.26. The summed E-state index contributed by atoms with van der Waals surface area (Å²) in [6.07, 6.45) is 0. The van der Waals surface area contributed by atoms with Crippen LogP contribution in [0.2, 0.25) is 0 Å². The Kier molecular flexibility index (Phi) is 6.85. The third kappa shape index (κ3) is 4.77. The molecule has 0 atom stereocenters. The minimum absolute atomic E-state index is 0.699. The van der Waals surface area contributed by atoms with Crippen molar-refractivity contribution in [2.45, 2.75) is 0 Å². The van der Waals surface area contributed by atoms with Gasteiger partial charge in [0, 0.05) is 69.7 Å². The number of nitrogens with zero attached hydrogens (tertiary/aromatic N) is 4. The Morgan fingerprint density at radius 2 is 1.03 bits per heavy atom. The van der Waals surface area contributed by atoms with Gasteiger partial charge in [-0.3, -0.25) is 4.57 Å². The van der Waals surface area contributed by atoms with Crippen molar-refractivity contribution in [1.82, 2.24) is 19.1 Å². The van der Waals surface area contributed by atoms with Gasteiger partial charge in [0.25, 0.3) is 0 Å². The lowest BCUT2D eigenvalue weighted by Gasteiger charge is -2.13. The van der Waals surface area contributed by atoms with Crippen LogP contribution in [0.1, 0.15) is 0 Å². The zero-order valence-electron chi connectivity index (χ0n) is 31.7. The van der Waals surface area contributed by atoms with Gasteiger partial charge >= 0.3 is 0 Å². The lowest BCUT2D eigenvalue weighted by Crippen LogP contribution is -2.02. The van der Waals surface area contributed by atoms with Gasteiger partial charge in [-0.25, -0.2) is 9.97 Å². The number of rotatable bonds is 4. The molecule has 0 aliphatic heterocycles. The second kappa shape index (κ2) is 12.4. The van der Waals surface area contributed by atoms with Crippen molar-refractivity contribution in [3.63, 3.8) is 0 Å². The van der Waals surface area contributed by atoms with Gasteiger partial charge in [0.15, 0.2) is 5.82 Å². The number of hydrogen-bond donors (Lipinski definition) is 0. The fourth-order valence-corrected chi connectivity index (χ4v) is 10.6. The first kappa shape index (κ1) is 32.5. The van der Waals surface area contributed by atoms with Crippen LogP contribution in [0, 0.1) is 0 Å². The van der Waals surface area contributed by atoms with E-state index in [1.54, 1.807) is 0 Å². The largest absolute Gasteiger partial charge is 0.308 e. The van der Waals surface area contributed by atoms with Crippen molar-refractivity contribution in [3.8, 4) is 34.2 Å². The van der Waals surface area contributed by atoms with Crippen molar-refractivity contribution in [2.24, 2.45) is 0 Å². The fraction of sp³-hybridized carbons (Fsp3) is 0. The molecule has 0 radical (unpaired) electrons. The average Bonchev–Trinajstić information content (AvgIpc) is 3.95. The van der Waals surface area contributed by atoms with Gasteiger partial charge in [-0.15, -0.1) is 11.3 Å². The molecule has 0 saturated carbocycles. The van der Waals surface area contributed by atoms with Gasteiger partial charge in [-0.05, 0) is 41.1 Å². The molecule has 0 aliphatic carbocycles. The Labute approximate surface area is 342 Å². The van der Waals surface area contributed by atoms with E-state index in [9.17, 15) is 0 Å². The Bertz CT molecular complexity index is 3770. The van der Waals surface area contributed by atoms with Crippen LogP contribution >= 0.6 is 11.3 Å². The number of fused-ring (bicyclic) bond motifs is 13. The van der Waals surface area contributed by atoms with Gasteiger partial charge in [-0.2, -0.15) is 0 Å². The van der Waals surface area contributed by atoms with E-state index in [1.165, 1.54) is 80.0 Å². The second-order valence-electron chi connectivity index (χ2n) is 15.3. The molecular weight excluding hydrogens is 737 g/mol. The van der Waals surface area contributed by atoms with Gasteiger partial charge in [-0.1, -0.05) is 158 Å². The topological polar surface area (TPSA) is 35.6 Å². The number of hydrogen-bond acceptors (Lipinski definition) is 3. The molecule has 13 aromatic rings. The van der Waals surface area contributed by atoms with E-state index < -0.39 is 0 Å². The van der Waals surface area contributed by atoms with Crippen molar-refractivity contribution in [2.75, 3.05) is 0 Å². The monoisotopic (exact) mass is 768 g/mol. The molecule has 4 aromatic heterocycles. The van der Waals surface area contributed by atoms with E-state index in [-0.39, 0.29) is 0 Å². The summed E-state index contributed by atoms with van der Waals surface area (Å²) >= 11 is 1.87. The smallest absolute Gasteiger partial charge is 0.162 e. The minimum atomic E-state index is 0.699. The molecule has 0 unspecified atom stereocenters. The number of thiophene rings is 1. The van der Waals surface area contributed by atoms with Crippen molar-refractivity contribution < 1.29 is 0 Å². The summed E-state index contributed by atoms with van der Waals surface area (Å²) in [4.78, 5) is 10.5. The van der Waals surface area contributed by atoms with Crippen LogP contribution in [0.15, 0.2) is 194 Å². The van der Waals surface area contributed by atoms with Gasteiger partial charge in [0.05, 0.1) is 33.4 Å². The molecular formula is C54H32N4S. The van der Waals surface area contributed by atoms with E-state index in [0.29, 0.717) is 5.82 Å². The Hall–Kier alpha value is -7.60. The summed E-state index contributed by atoms with van der Waals surface area (Å²) < 4.78 is 7.40. The molecule has 274 valence electrons. The first-order valence-electron chi connectivity index (χ1n) is 20.0. The molecule has 0 aliphatic rings. The summed E-state index contributed by atoms with van der Waals surface area (Å²) in [6, 6.07) is 70.0. The van der Waals surface area contributed by atoms with Crippen LogP contribution in [0.4, 0.5) is 0 Å². The van der Waals surface area contributed by atoms with E-state index in [2.05, 4.69) is 191 Å². The molecule has 9 aromatic carbocycles. The van der Waals surface area contributed by atoms with Crippen LogP contribution in [-0.4, -0.2) is 19.1 Å². The number of aromatic nitrogens is 4. The predicted octanol–water partition coefficient (Wildman–Crippen LogP) is 14.7. The highest BCUT2D eigenvalue weighted by atomic mass is 32.1. The Morgan fingerprint density at radius 1 is 0.373 bits per heavy atom. The lowest BCUT2D eigenvalue weighted by atomic mass is 10.0. The van der Waals surface area contributed by atoms with Gasteiger partial charge < -0.3 is 4.57 Å². The zero-order chi connectivity index (χ0) is 38.6. The van der Waals surface area contributed by atoms with Crippen molar-refractivity contribution in [1.29, 1.82) is 0 Å². The molecule has 0 spiro atoms. The van der Waals surface area contributed by atoms with Crippen LogP contribution in [0.5, 0.6) is 0 Å². The molecule has 0 amide bonds. The number of para-hydroxylation sites is 1. The fourth-order valence-electron chi connectivity index (χ4n) is 9.50. The molecule has 4 nitrogen and oxygen atoms in total. The van der Waals surface area contributed by atoms with E-state index >= 15 is 0 Å². The standard InChI is InChI=1S/C54H32N4S/c1-3-16-35(17-4-1)44-31-50(56-54(55-44)36-18-5-2-6-19-36)58-46-24-12-11-23-39(46)40-28-29-48-51(53(40)58)43-30-42-41-27-26-34-15-8-10-22-38(34)52(41)57(47(42)32-49(43)59-48)45-25-13-20-33-14-7-9-21-37(33)45/h1-32H. The Morgan fingerprint density at radius 3 is 1.86 bits per heavy atom. The highest BCUT2D eigenvalue weighted by Crippen LogP contribution is 2.47. The molecule has 0 N–H and O–H groups in total. The summed E-state index contributed by atoms with van der Waals surface area (Å²) in [7, 11) is 0. The molecule has 0 bridgehead atoms. The van der Waals surface area contributed by atoms with E-state index in [0.717, 1.165) is 33.7 Å². The van der Waals surface area contributed by atoms with Gasteiger partial charge in [0.2, 0.25) is 0 Å². The molecule has 5 heteroatoms. The number of benzene rings is 9. The summed E-state index contributed by atoms with van der Waals surface area (Å²) in [5.41, 5.74) is 8.83. The average molecular weight is 769 g/mol. The van der Waals surface area contributed by atoms with Crippen molar-refractivity contribution in [3.05, 3.63) is 194 Å². The predicted molar refractivity (Wildman–Crippen MR) is 249 cm³/mol. The third-order valence-corrected chi connectivity index (χ3v) is 13.2. The SMILES string of the molecule is c1ccc(-c2cc(-n3c4ccccc4c4ccc5sc6cc7c(cc6c5c43)c3ccc4ccccc4c3n7-c3cccc4ccccc34)nc(-c3ccccc3)n2)cc1. The normalized spacial score (nSPS) is 12.1. The van der Waals surface area contributed by atoms with E-state index in [1.807, 2.05) is 23.5 Å². The van der Waals surface area contributed by atoms with Crippen LogP contribution in [-0.2, 0) is 0 Å². The summed E-state index contributed by atoms with van der Waals surface area (Å²) in [6.45, 7) is 0. The Balaban J connectivity index is 1.17. The maximum absolute atomic E-state index is 5.38. The zero-order valence-corrected chi connectivity index (χ0v) is 32.5. The molecule has 0 fully saturated rings. The molecule has 0 saturated heterocycles. The molecule has 59 heavy (non-hydrogen) atoms. The summed E-state index contributed by atoms with van der Waals surface area (Å²) in [5.74, 6) is 1.54.